The molecular formula is C14H13BrO. The van der Waals surface area contributed by atoms with Crippen LogP contribution in [0.1, 0.15) is 22.8 Å². The van der Waals surface area contributed by atoms with Crippen molar-refractivity contribution in [3.8, 4) is 0 Å². The number of aryl methyl sites for hydroxylation is 1. The zero-order valence-corrected chi connectivity index (χ0v) is 10.9. The molecule has 0 N–H and O–H groups in total. The van der Waals surface area contributed by atoms with E-state index in [0.29, 0.717) is 0 Å². The van der Waals surface area contributed by atoms with E-state index in [1.807, 2.05) is 44.2 Å². The third-order valence-electron chi connectivity index (χ3n) is 2.75. The van der Waals surface area contributed by atoms with Crippen LogP contribution < -0.4 is 0 Å². The Morgan fingerprint density at radius 1 is 1.19 bits per heavy atom. The SMILES string of the molecule is Cc1ccc2ccccc2c1C(=O)C(C)Br. The summed E-state index contributed by atoms with van der Waals surface area (Å²) in [4.78, 5) is 12.0. The first-order chi connectivity index (χ1) is 7.61. The van der Waals surface area contributed by atoms with Crippen molar-refractivity contribution in [1.82, 2.24) is 0 Å². The molecule has 0 radical (unpaired) electrons. The first kappa shape index (κ1) is 11.3. The average molecular weight is 277 g/mol. The van der Waals surface area contributed by atoms with Gasteiger partial charge in [0.1, 0.15) is 0 Å². The van der Waals surface area contributed by atoms with Gasteiger partial charge in [0.2, 0.25) is 0 Å². The number of carbonyl (C=O) groups is 1. The van der Waals surface area contributed by atoms with Crippen molar-refractivity contribution in [2.75, 3.05) is 0 Å². The minimum atomic E-state index is -0.142. The molecule has 2 aromatic rings. The molecule has 2 rings (SSSR count). The zero-order valence-electron chi connectivity index (χ0n) is 9.33. The molecule has 0 aliphatic carbocycles. The number of Topliss-reactive ketones (excluding diaryl/α,β-unsaturated/α-hetero) is 1. The molecular weight excluding hydrogens is 264 g/mol. The van der Waals surface area contributed by atoms with Crippen LogP contribution in [0, 0.1) is 6.92 Å². The zero-order chi connectivity index (χ0) is 11.7. The predicted octanol–water partition coefficient (Wildman–Crippen LogP) is 4.11. The molecule has 82 valence electrons. The molecule has 0 saturated heterocycles. The van der Waals surface area contributed by atoms with Crippen molar-refractivity contribution in [3.05, 3.63) is 47.5 Å². The lowest BCUT2D eigenvalue weighted by Gasteiger charge is -2.10. The highest BCUT2D eigenvalue weighted by atomic mass is 79.9. The van der Waals surface area contributed by atoms with Gasteiger partial charge in [-0.15, -0.1) is 0 Å². The van der Waals surface area contributed by atoms with Gasteiger partial charge in [-0.2, -0.15) is 0 Å². The molecule has 0 saturated carbocycles. The van der Waals surface area contributed by atoms with Gasteiger partial charge in [-0.05, 0) is 30.2 Å². The average Bonchev–Trinajstić information content (AvgIpc) is 2.28. The Labute approximate surface area is 104 Å². The molecule has 0 aromatic heterocycles. The van der Waals surface area contributed by atoms with Crippen molar-refractivity contribution in [2.24, 2.45) is 0 Å². The number of hydrogen-bond donors (Lipinski definition) is 0. The highest BCUT2D eigenvalue weighted by molar-refractivity contribution is 9.10. The van der Waals surface area contributed by atoms with E-state index < -0.39 is 0 Å². The van der Waals surface area contributed by atoms with Crippen LogP contribution in [0.2, 0.25) is 0 Å². The number of benzene rings is 2. The molecule has 0 aliphatic rings. The van der Waals surface area contributed by atoms with Crippen molar-refractivity contribution >= 4 is 32.5 Å². The van der Waals surface area contributed by atoms with Gasteiger partial charge in [-0.3, -0.25) is 4.79 Å². The molecule has 16 heavy (non-hydrogen) atoms. The fraction of sp³-hybridized carbons (Fsp3) is 0.214. The summed E-state index contributed by atoms with van der Waals surface area (Å²) in [6, 6.07) is 12.1. The summed E-state index contributed by atoms with van der Waals surface area (Å²) in [5.74, 6) is 0.148. The van der Waals surface area contributed by atoms with Crippen LogP contribution in [0.15, 0.2) is 36.4 Å². The maximum absolute atomic E-state index is 12.1. The van der Waals surface area contributed by atoms with Gasteiger partial charge in [0.25, 0.3) is 0 Å². The van der Waals surface area contributed by atoms with Crippen molar-refractivity contribution < 1.29 is 4.79 Å². The molecule has 2 aromatic carbocycles. The predicted molar refractivity (Wildman–Crippen MR) is 71.4 cm³/mol. The van der Waals surface area contributed by atoms with Crippen LogP contribution in [0.4, 0.5) is 0 Å². The lowest BCUT2D eigenvalue weighted by molar-refractivity contribution is 0.0997. The monoisotopic (exact) mass is 276 g/mol. The molecule has 0 bridgehead atoms. The third-order valence-corrected chi connectivity index (χ3v) is 3.16. The van der Waals surface area contributed by atoms with Gasteiger partial charge in [0.05, 0.1) is 4.83 Å². The Bertz CT molecular complexity index is 543. The number of hydrogen-bond acceptors (Lipinski definition) is 1. The summed E-state index contributed by atoms with van der Waals surface area (Å²) < 4.78 is 0. The molecule has 0 amide bonds. The van der Waals surface area contributed by atoms with E-state index in [-0.39, 0.29) is 10.6 Å². The summed E-state index contributed by atoms with van der Waals surface area (Å²) >= 11 is 3.35. The lowest BCUT2D eigenvalue weighted by Crippen LogP contribution is -2.12. The van der Waals surface area contributed by atoms with Crippen LogP contribution in [0.5, 0.6) is 0 Å². The van der Waals surface area contributed by atoms with Gasteiger partial charge in [0.15, 0.2) is 5.78 Å². The molecule has 0 aliphatic heterocycles. The molecule has 2 heteroatoms. The van der Waals surface area contributed by atoms with Crippen LogP contribution in [0.3, 0.4) is 0 Å². The maximum atomic E-state index is 12.1. The van der Waals surface area contributed by atoms with E-state index in [1.165, 1.54) is 0 Å². The lowest BCUT2D eigenvalue weighted by atomic mass is 9.96. The standard InChI is InChI=1S/C14H13BrO/c1-9-7-8-11-5-3-4-6-12(11)13(9)14(16)10(2)15/h3-8,10H,1-2H3. The van der Waals surface area contributed by atoms with Gasteiger partial charge in [-0.25, -0.2) is 0 Å². The van der Waals surface area contributed by atoms with Crippen molar-refractivity contribution in [2.45, 2.75) is 18.7 Å². The molecule has 0 fully saturated rings. The minimum Gasteiger partial charge on any atom is -0.293 e. The van der Waals surface area contributed by atoms with Gasteiger partial charge >= 0.3 is 0 Å². The number of halogens is 1. The van der Waals surface area contributed by atoms with E-state index in [9.17, 15) is 4.79 Å². The summed E-state index contributed by atoms with van der Waals surface area (Å²) in [5.41, 5.74) is 1.87. The summed E-state index contributed by atoms with van der Waals surface area (Å²) in [5, 5.41) is 2.16. The molecule has 0 heterocycles. The first-order valence-electron chi connectivity index (χ1n) is 5.28. The summed E-state index contributed by atoms with van der Waals surface area (Å²) in [7, 11) is 0. The number of fused-ring (bicyclic) bond motifs is 1. The van der Waals surface area contributed by atoms with E-state index in [2.05, 4.69) is 22.0 Å². The molecule has 0 spiro atoms. The Morgan fingerprint density at radius 3 is 2.56 bits per heavy atom. The van der Waals surface area contributed by atoms with E-state index in [1.54, 1.807) is 0 Å². The minimum absolute atomic E-state index is 0.142. The van der Waals surface area contributed by atoms with Gasteiger partial charge in [-0.1, -0.05) is 52.3 Å². The normalized spacial score (nSPS) is 12.7. The molecule has 1 nitrogen and oxygen atoms in total. The Kier molecular flexibility index (Phi) is 3.10. The number of ketones is 1. The Balaban J connectivity index is 2.75. The van der Waals surface area contributed by atoms with Gasteiger partial charge in [0, 0.05) is 5.56 Å². The highest BCUT2D eigenvalue weighted by Gasteiger charge is 2.16. The van der Waals surface area contributed by atoms with Crippen LogP contribution in [-0.4, -0.2) is 10.6 Å². The second-order valence-electron chi connectivity index (χ2n) is 3.96. The van der Waals surface area contributed by atoms with Crippen LogP contribution in [0.25, 0.3) is 10.8 Å². The molecule has 1 atom stereocenters. The smallest absolute Gasteiger partial charge is 0.177 e. The van der Waals surface area contributed by atoms with E-state index >= 15 is 0 Å². The van der Waals surface area contributed by atoms with Crippen LogP contribution >= 0.6 is 15.9 Å². The third kappa shape index (κ3) is 1.90. The Morgan fingerprint density at radius 2 is 1.88 bits per heavy atom. The summed E-state index contributed by atoms with van der Waals surface area (Å²) in [6.07, 6.45) is 0. The maximum Gasteiger partial charge on any atom is 0.177 e. The second kappa shape index (κ2) is 4.38. The number of alkyl halides is 1. The van der Waals surface area contributed by atoms with Crippen LogP contribution in [-0.2, 0) is 0 Å². The quantitative estimate of drug-likeness (QED) is 0.596. The van der Waals surface area contributed by atoms with E-state index in [4.69, 9.17) is 0 Å². The number of rotatable bonds is 2. The topological polar surface area (TPSA) is 17.1 Å². The van der Waals surface area contributed by atoms with Crippen molar-refractivity contribution in [1.29, 1.82) is 0 Å². The number of carbonyl (C=O) groups excluding carboxylic acids is 1. The fourth-order valence-corrected chi connectivity index (χ4v) is 2.14. The summed E-state index contributed by atoms with van der Waals surface area (Å²) in [6.45, 7) is 3.85. The van der Waals surface area contributed by atoms with Crippen molar-refractivity contribution in [3.63, 3.8) is 0 Å². The largest absolute Gasteiger partial charge is 0.293 e. The fourth-order valence-electron chi connectivity index (χ4n) is 1.91. The van der Waals surface area contributed by atoms with E-state index in [0.717, 1.165) is 21.9 Å². The first-order valence-corrected chi connectivity index (χ1v) is 6.19. The highest BCUT2D eigenvalue weighted by Crippen LogP contribution is 2.24. The molecule has 1 unspecified atom stereocenters. The van der Waals surface area contributed by atoms with Gasteiger partial charge < -0.3 is 0 Å². The second-order valence-corrected chi connectivity index (χ2v) is 5.33. The Hall–Kier alpha value is -1.15.